The Hall–Kier alpha value is -3.08. The number of carbonyl (C=O) groups excluding carboxylic acids is 2. The third-order valence-electron chi connectivity index (χ3n) is 6.86. The smallest absolute Gasteiger partial charge is 0.256 e. The second-order valence-corrected chi connectivity index (χ2v) is 10.1. The molecule has 0 aromatic heterocycles. The van der Waals surface area contributed by atoms with Gasteiger partial charge >= 0.3 is 0 Å². The number of likely N-dealkylation sites (N-methyl/N-ethyl adjacent to an activating group) is 1. The Morgan fingerprint density at radius 3 is 2.39 bits per heavy atom. The topological polar surface area (TPSA) is 68.4 Å². The van der Waals surface area contributed by atoms with Crippen LogP contribution in [0.15, 0.2) is 48.5 Å². The van der Waals surface area contributed by atoms with Crippen LogP contribution in [0.3, 0.4) is 0 Å². The zero-order valence-corrected chi connectivity index (χ0v) is 22.9. The first-order valence-electron chi connectivity index (χ1n) is 13.2. The Bertz CT molecular complexity index is 1110. The van der Waals surface area contributed by atoms with E-state index in [-0.39, 0.29) is 18.2 Å². The summed E-state index contributed by atoms with van der Waals surface area (Å²) in [4.78, 5) is 34.5. The lowest BCUT2D eigenvalue weighted by Gasteiger charge is -2.33. The Balaban J connectivity index is 1.43. The number of nitrogens with zero attached hydrogens (tertiary/aromatic N) is 4. The van der Waals surface area contributed by atoms with Crippen molar-refractivity contribution in [3.8, 4) is 5.75 Å². The molecule has 38 heavy (non-hydrogen) atoms. The van der Waals surface area contributed by atoms with Gasteiger partial charge in [0.2, 0.25) is 5.91 Å². The highest BCUT2D eigenvalue weighted by Gasteiger charge is 2.43. The van der Waals surface area contributed by atoms with E-state index in [1.54, 1.807) is 12.1 Å². The third-order valence-corrected chi connectivity index (χ3v) is 7.28. The summed E-state index contributed by atoms with van der Waals surface area (Å²) in [5.74, 6) is -0.210. The Kier molecular flexibility index (Phi) is 9.65. The summed E-state index contributed by atoms with van der Waals surface area (Å²) in [6.45, 7) is 8.20. The van der Waals surface area contributed by atoms with E-state index in [0.29, 0.717) is 29.6 Å². The van der Waals surface area contributed by atoms with Crippen LogP contribution in [-0.4, -0.2) is 90.6 Å². The summed E-state index contributed by atoms with van der Waals surface area (Å²) in [5.41, 5.74) is 1.12. The van der Waals surface area contributed by atoms with Gasteiger partial charge in [0.1, 0.15) is 17.6 Å². The molecule has 0 aliphatic carbocycles. The molecule has 0 bridgehead atoms. The largest absolute Gasteiger partial charge is 0.494 e. The standard InChI is InChI=1S/C28H36FN5O3S/c1-3-19-37-24-11-7-22(8-12-24)30-26(35)20-25-27(36)34(23-9-5-21(29)6-10-23)28(38)33(25)14-4-13-32-17-15-31(2)16-18-32/h5-12,25H,3-4,13-20H2,1-2H3,(H,30,35). The van der Waals surface area contributed by atoms with E-state index < -0.39 is 11.9 Å². The number of anilines is 2. The van der Waals surface area contributed by atoms with Crippen LogP contribution in [0, 0.1) is 5.82 Å². The van der Waals surface area contributed by atoms with Gasteiger partial charge in [-0.3, -0.25) is 14.5 Å². The summed E-state index contributed by atoms with van der Waals surface area (Å²) in [5, 5.41) is 3.23. The maximum absolute atomic E-state index is 13.5. The molecule has 2 heterocycles. The van der Waals surface area contributed by atoms with Gasteiger partial charge in [-0.15, -0.1) is 0 Å². The van der Waals surface area contributed by atoms with Crippen LogP contribution >= 0.6 is 12.2 Å². The quantitative estimate of drug-likeness (QED) is 0.436. The van der Waals surface area contributed by atoms with Gasteiger partial charge in [0.25, 0.3) is 5.91 Å². The molecule has 2 aromatic carbocycles. The van der Waals surface area contributed by atoms with E-state index in [1.165, 1.54) is 29.2 Å². The highest BCUT2D eigenvalue weighted by molar-refractivity contribution is 7.80. The number of rotatable bonds is 11. The molecule has 2 amide bonds. The molecule has 0 spiro atoms. The lowest BCUT2D eigenvalue weighted by molar-refractivity contribution is -0.124. The number of hydrogen-bond donors (Lipinski definition) is 1. The first-order chi connectivity index (χ1) is 18.4. The zero-order chi connectivity index (χ0) is 27.1. The van der Waals surface area contributed by atoms with Gasteiger partial charge in [0.15, 0.2) is 5.11 Å². The van der Waals surface area contributed by atoms with Crippen LogP contribution in [0.25, 0.3) is 0 Å². The maximum Gasteiger partial charge on any atom is 0.256 e. The van der Waals surface area contributed by atoms with Crippen LogP contribution in [0.4, 0.5) is 15.8 Å². The molecule has 1 atom stereocenters. The van der Waals surface area contributed by atoms with Gasteiger partial charge in [-0.25, -0.2) is 4.39 Å². The fourth-order valence-electron chi connectivity index (χ4n) is 4.69. The minimum Gasteiger partial charge on any atom is -0.494 e. The highest BCUT2D eigenvalue weighted by Crippen LogP contribution is 2.28. The molecule has 1 unspecified atom stereocenters. The summed E-state index contributed by atoms with van der Waals surface area (Å²) >= 11 is 5.72. The lowest BCUT2D eigenvalue weighted by atomic mass is 10.1. The zero-order valence-electron chi connectivity index (χ0n) is 22.1. The van der Waals surface area contributed by atoms with Gasteiger partial charge in [-0.2, -0.15) is 0 Å². The number of ether oxygens (including phenoxy) is 1. The first-order valence-corrected chi connectivity index (χ1v) is 13.6. The monoisotopic (exact) mass is 541 g/mol. The summed E-state index contributed by atoms with van der Waals surface area (Å²) < 4.78 is 19.1. The van der Waals surface area contributed by atoms with E-state index in [2.05, 4.69) is 22.2 Å². The summed E-state index contributed by atoms with van der Waals surface area (Å²) in [6, 6.07) is 12.1. The van der Waals surface area contributed by atoms with E-state index in [0.717, 1.165) is 51.3 Å². The van der Waals surface area contributed by atoms with Crippen molar-refractivity contribution < 1.29 is 18.7 Å². The van der Waals surface area contributed by atoms with Crippen LogP contribution in [0.1, 0.15) is 26.2 Å². The van der Waals surface area contributed by atoms with E-state index in [4.69, 9.17) is 17.0 Å². The molecule has 2 aliphatic rings. The van der Waals surface area contributed by atoms with Gasteiger partial charge in [0, 0.05) is 38.4 Å². The van der Waals surface area contributed by atoms with Crippen molar-refractivity contribution in [1.29, 1.82) is 0 Å². The minimum absolute atomic E-state index is 0.0424. The number of carbonyl (C=O) groups is 2. The number of thiocarbonyl (C=S) groups is 1. The third kappa shape index (κ3) is 7.06. The summed E-state index contributed by atoms with van der Waals surface area (Å²) in [6.07, 6.45) is 1.68. The fraction of sp³-hybridized carbons (Fsp3) is 0.464. The molecule has 4 rings (SSSR count). The minimum atomic E-state index is -0.729. The number of halogens is 1. The molecule has 1 N–H and O–H groups in total. The van der Waals surface area contributed by atoms with Crippen molar-refractivity contribution >= 4 is 40.5 Å². The summed E-state index contributed by atoms with van der Waals surface area (Å²) in [7, 11) is 2.12. The highest BCUT2D eigenvalue weighted by atomic mass is 32.1. The van der Waals surface area contributed by atoms with Crippen LogP contribution in [0.5, 0.6) is 5.75 Å². The molecule has 8 nitrogen and oxygen atoms in total. The van der Waals surface area contributed by atoms with Gasteiger partial charge in [-0.05, 0) is 87.2 Å². The van der Waals surface area contributed by atoms with Gasteiger partial charge in [-0.1, -0.05) is 6.92 Å². The second kappa shape index (κ2) is 13.1. The second-order valence-electron chi connectivity index (χ2n) is 9.77. The molecule has 10 heteroatoms. The van der Waals surface area contributed by atoms with Crippen molar-refractivity contribution in [1.82, 2.24) is 14.7 Å². The Morgan fingerprint density at radius 1 is 1.05 bits per heavy atom. The van der Waals surface area contributed by atoms with Crippen LogP contribution in [-0.2, 0) is 9.59 Å². The SMILES string of the molecule is CCCOc1ccc(NC(=O)CC2C(=O)N(c3ccc(F)cc3)C(=S)N2CCCN2CCN(C)CC2)cc1. The molecular formula is C28H36FN5O3S. The Labute approximate surface area is 229 Å². The van der Waals surface area contributed by atoms with Crippen LogP contribution < -0.4 is 15.0 Å². The molecule has 2 saturated heterocycles. The average Bonchev–Trinajstić information content (AvgIpc) is 3.14. The number of nitrogens with one attached hydrogen (secondary N) is 1. The Morgan fingerprint density at radius 2 is 1.74 bits per heavy atom. The maximum atomic E-state index is 13.5. The molecule has 2 fully saturated rings. The van der Waals surface area contributed by atoms with Gasteiger partial charge in [0.05, 0.1) is 18.7 Å². The predicted molar refractivity (Wildman–Crippen MR) is 151 cm³/mol. The van der Waals surface area contributed by atoms with Crippen molar-refractivity contribution in [3.05, 3.63) is 54.3 Å². The predicted octanol–water partition coefficient (Wildman–Crippen LogP) is 3.58. The molecule has 0 radical (unpaired) electrons. The lowest BCUT2D eigenvalue weighted by Crippen LogP contribution is -2.45. The van der Waals surface area contributed by atoms with E-state index in [1.807, 2.05) is 24.0 Å². The first kappa shape index (κ1) is 27.9. The van der Waals surface area contributed by atoms with Crippen molar-refractivity contribution in [2.75, 3.05) is 63.1 Å². The average molecular weight is 542 g/mol. The normalized spacial score (nSPS) is 18.8. The number of benzene rings is 2. The van der Waals surface area contributed by atoms with E-state index >= 15 is 0 Å². The number of piperazine rings is 1. The molecule has 2 aromatic rings. The van der Waals surface area contributed by atoms with E-state index in [9.17, 15) is 14.0 Å². The van der Waals surface area contributed by atoms with Crippen molar-refractivity contribution in [3.63, 3.8) is 0 Å². The molecule has 204 valence electrons. The molecule has 2 aliphatic heterocycles. The van der Waals surface area contributed by atoms with Crippen molar-refractivity contribution in [2.45, 2.75) is 32.2 Å². The van der Waals surface area contributed by atoms with Gasteiger partial charge < -0.3 is 24.8 Å². The number of hydrogen-bond acceptors (Lipinski definition) is 6. The van der Waals surface area contributed by atoms with Crippen molar-refractivity contribution in [2.24, 2.45) is 0 Å². The van der Waals surface area contributed by atoms with Crippen LogP contribution in [0.2, 0.25) is 0 Å². The fourth-order valence-corrected chi connectivity index (χ4v) is 5.11. The molecular weight excluding hydrogens is 505 g/mol. The number of amides is 2. The molecule has 0 saturated carbocycles.